The molecule has 0 amide bonds. The SMILES string of the molecule is CCc1ccc2c(c1)CCN=C2. The summed E-state index contributed by atoms with van der Waals surface area (Å²) in [5.74, 6) is 0. The van der Waals surface area contributed by atoms with Crippen LogP contribution in [0, 0.1) is 0 Å². The predicted octanol–water partition coefficient (Wildman–Crippen LogP) is 2.22. The number of aryl methyl sites for hydroxylation is 1. The summed E-state index contributed by atoms with van der Waals surface area (Å²) in [7, 11) is 0. The molecule has 0 saturated carbocycles. The summed E-state index contributed by atoms with van der Waals surface area (Å²) in [6.07, 6.45) is 4.22. The Labute approximate surface area is 73.1 Å². The van der Waals surface area contributed by atoms with E-state index >= 15 is 0 Å². The van der Waals surface area contributed by atoms with E-state index in [1.807, 2.05) is 6.21 Å². The van der Waals surface area contributed by atoms with Gasteiger partial charge in [-0.15, -0.1) is 0 Å². The van der Waals surface area contributed by atoms with Crippen LogP contribution in [0.25, 0.3) is 0 Å². The number of nitrogens with zero attached hydrogens (tertiary/aromatic N) is 1. The van der Waals surface area contributed by atoms with E-state index in [0.29, 0.717) is 0 Å². The van der Waals surface area contributed by atoms with Crippen LogP contribution in [-0.4, -0.2) is 12.8 Å². The molecule has 1 aromatic carbocycles. The second kappa shape index (κ2) is 3.10. The smallest absolute Gasteiger partial charge is 0.0430 e. The molecular formula is C11H13N. The van der Waals surface area contributed by atoms with E-state index in [4.69, 9.17) is 0 Å². The Hall–Kier alpha value is -1.11. The van der Waals surface area contributed by atoms with Crippen molar-refractivity contribution in [2.75, 3.05) is 6.54 Å². The van der Waals surface area contributed by atoms with Crippen molar-refractivity contribution in [1.29, 1.82) is 0 Å². The van der Waals surface area contributed by atoms with Crippen LogP contribution in [0.5, 0.6) is 0 Å². The summed E-state index contributed by atoms with van der Waals surface area (Å²) in [5, 5.41) is 0. The van der Waals surface area contributed by atoms with Crippen LogP contribution in [0.4, 0.5) is 0 Å². The Morgan fingerprint density at radius 3 is 3.17 bits per heavy atom. The average Bonchev–Trinajstić information content (AvgIpc) is 2.17. The topological polar surface area (TPSA) is 12.4 Å². The molecule has 0 fully saturated rings. The van der Waals surface area contributed by atoms with Crippen LogP contribution < -0.4 is 0 Å². The van der Waals surface area contributed by atoms with Gasteiger partial charge in [0.2, 0.25) is 0 Å². The average molecular weight is 159 g/mol. The monoisotopic (exact) mass is 159 g/mol. The van der Waals surface area contributed by atoms with Gasteiger partial charge in [0.05, 0.1) is 0 Å². The highest BCUT2D eigenvalue weighted by atomic mass is 14.7. The molecule has 62 valence electrons. The van der Waals surface area contributed by atoms with Gasteiger partial charge in [-0.3, -0.25) is 4.99 Å². The lowest BCUT2D eigenvalue weighted by Gasteiger charge is -2.10. The third kappa shape index (κ3) is 1.27. The summed E-state index contributed by atoms with van der Waals surface area (Å²) in [4.78, 5) is 4.25. The zero-order chi connectivity index (χ0) is 8.39. The van der Waals surface area contributed by atoms with Crippen molar-refractivity contribution in [2.45, 2.75) is 19.8 Å². The van der Waals surface area contributed by atoms with Crippen LogP contribution in [0.3, 0.4) is 0 Å². The van der Waals surface area contributed by atoms with Crippen LogP contribution in [0.1, 0.15) is 23.6 Å². The Bertz CT molecular complexity index is 313. The van der Waals surface area contributed by atoms with Crippen molar-refractivity contribution in [1.82, 2.24) is 0 Å². The fraction of sp³-hybridized carbons (Fsp3) is 0.364. The van der Waals surface area contributed by atoms with E-state index in [9.17, 15) is 0 Å². The summed E-state index contributed by atoms with van der Waals surface area (Å²) < 4.78 is 0. The third-order valence-electron chi connectivity index (χ3n) is 2.36. The fourth-order valence-corrected chi connectivity index (χ4v) is 1.57. The molecule has 0 unspecified atom stereocenters. The van der Waals surface area contributed by atoms with Gasteiger partial charge in [-0.2, -0.15) is 0 Å². The van der Waals surface area contributed by atoms with E-state index in [2.05, 4.69) is 30.1 Å². The summed E-state index contributed by atoms with van der Waals surface area (Å²) in [6, 6.07) is 6.67. The highest BCUT2D eigenvalue weighted by Gasteiger charge is 2.04. The van der Waals surface area contributed by atoms with Crippen molar-refractivity contribution in [3.8, 4) is 0 Å². The fourth-order valence-electron chi connectivity index (χ4n) is 1.57. The highest BCUT2D eigenvalue weighted by molar-refractivity contribution is 5.82. The van der Waals surface area contributed by atoms with Crippen molar-refractivity contribution >= 4 is 6.21 Å². The first-order valence-electron chi connectivity index (χ1n) is 4.52. The molecule has 1 nitrogen and oxygen atoms in total. The van der Waals surface area contributed by atoms with E-state index in [1.54, 1.807) is 0 Å². The standard InChI is InChI=1S/C11H13N/c1-2-9-3-4-11-8-12-6-5-10(11)7-9/h3-4,7-8H,2,5-6H2,1H3. The molecule has 12 heavy (non-hydrogen) atoms. The van der Waals surface area contributed by atoms with Gasteiger partial charge in [-0.05, 0) is 29.5 Å². The Balaban J connectivity index is 2.44. The second-order valence-electron chi connectivity index (χ2n) is 3.17. The highest BCUT2D eigenvalue weighted by Crippen LogP contribution is 2.14. The molecule has 0 N–H and O–H groups in total. The van der Waals surface area contributed by atoms with Crippen molar-refractivity contribution in [2.24, 2.45) is 4.99 Å². The zero-order valence-corrected chi connectivity index (χ0v) is 7.38. The predicted molar refractivity (Wildman–Crippen MR) is 52.0 cm³/mol. The molecule has 0 atom stereocenters. The third-order valence-corrected chi connectivity index (χ3v) is 2.36. The molecule has 0 aliphatic carbocycles. The van der Waals surface area contributed by atoms with Gasteiger partial charge in [-0.1, -0.05) is 25.1 Å². The minimum atomic E-state index is 0.958. The van der Waals surface area contributed by atoms with Gasteiger partial charge in [0.15, 0.2) is 0 Å². The molecule has 0 saturated heterocycles. The van der Waals surface area contributed by atoms with Gasteiger partial charge < -0.3 is 0 Å². The number of hydrogen-bond acceptors (Lipinski definition) is 1. The maximum absolute atomic E-state index is 4.25. The van der Waals surface area contributed by atoms with E-state index in [-0.39, 0.29) is 0 Å². The van der Waals surface area contributed by atoms with Crippen LogP contribution >= 0.6 is 0 Å². The molecular weight excluding hydrogens is 146 g/mol. The van der Waals surface area contributed by atoms with Crippen molar-refractivity contribution in [3.63, 3.8) is 0 Å². The van der Waals surface area contributed by atoms with Crippen LogP contribution in [0.2, 0.25) is 0 Å². The summed E-state index contributed by atoms with van der Waals surface area (Å²) >= 11 is 0. The minimum Gasteiger partial charge on any atom is -0.292 e. The molecule has 0 bridgehead atoms. The number of aliphatic imine (C=N–C) groups is 1. The first kappa shape index (κ1) is 7.53. The molecule has 1 heterocycles. The maximum Gasteiger partial charge on any atom is 0.0430 e. The molecule has 1 heteroatoms. The van der Waals surface area contributed by atoms with Crippen molar-refractivity contribution in [3.05, 3.63) is 34.9 Å². The molecule has 2 rings (SSSR count). The van der Waals surface area contributed by atoms with Crippen LogP contribution in [0.15, 0.2) is 23.2 Å². The lowest BCUT2D eigenvalue weighted by Crippen LogP contribution is -2.03. The summed E-state index contributed by atoms with van der Waals surface area (Å²) in [6.45, 7) is 3.15. The quantitative estimate of drug-likeness (QED) is 0.596. The molecule has 0 spiro atoms. The molecule has 1 aromatic rings. The lowest BCUT2D eigenvalue weighted by atomic mass is 9.99. The molecule has 1 aliphatic heterocycles. The van der Waals surface area contributed by atoms with E-state index in [0.717, 1.165) is 19.4 Å². The number of hydrogen-bond donors (Lipinski definition) is 0. The van der Waals surface area contributed by atoms with E-state index < -0.39 is 0 Å². The summed E-state index contributed by atoms with van der Waals surface area (Å²) in [5.41, 5.74) is 4.20. The number of rotatable bonds is 1. The maximum atomic E-state index is 4.25. The lowest BCUT2D eigenvalue weighted by molar-refractivity contribution is 0.945. The van der Waals surface area contributed by atoms with Gasteiger partial charge in [0.1, 0.15) is 0 Å². The van der Waals surface area contributed by atoms with Gasteiger partial charge in [0, 0.05) is 12.8 Å². The van der Waals surface area contributed by atoms with Gasteiger partial charge in [0.25, 0.3) is 0 Å². The Morgan fingerprint density at radius 1 is 1.42 bits per heavy atom. The number of fused-ring (bicyclic) bond motifs is 1. The molecule has 1 aliphatic rings. The first-order valence-corrected chi connectivity index (χ1v) is 4.52. The van der Waals surface area contributed by atoms with Gasteiger partial charge in [-0.25, -0.2) is 0 Å². The number of benzene rings is 1. The normalized spacial score (nSPS) is 14.4. The molecule has 0 aromatic heterocycles. The Kier molecular flexibility index (Phi) is 1.94. The second-order valence-corrected chi connectivity index (χ2v) is 3.17. The minimum absolute atomic E-state index is 0.958. The van der Waals surface area contributed by atoms with Crippen molar-refractivity contribution < 1.29 is 0 Å². The Morgan fingerprint density at radius 2 is 2.33 bits per heavy atom. The zero-order valence-electron chi connectivity index (χ0n) is 7.38. The van der Waals surface area contributed by atoms with Gasteiger partial charge >= 0.3 is 0 Å². The van der Waals surface area contributed by atoms with E-state index in [1.165, 1.54) is 16.7 Å². The first-order chi connectivity index (χ1) is 5.90. The van der Waals surface area contributed by atoms with Crippen LogP contribution in [-0.2, 0) is 12.8 Å². The largest absolute Gasteiger partial charge is 0.292 e. The molecule has 0 radical (unpaired) electrons.